The molecule has 0 bridgehead atoms. The topological polar surface area (TPSA) is 127 Å². The number of carbonyl (C=O) groups excluding carboxylic acids is 1. The summed E-state index contributed by atoms with van der Waals surface area (Å²) in [5.41, 5.74) is 0. The van der Waals surface area contributed by atoms with Crippen molar-refractivity contribution >= 4 is 29.6 Å². The van der Waals surface area contributed by atoms with Crippen LogP contribution in [0.3, 0.4) is 0 Å². The monoisotopic (exact) mass is 260 g/mol. The summed E-state index contributed by atoms with van der Waals surface area (Å²) in [6.45, 7) is 0. The summed E-state index contributed by atoms with van der Waals surface area (Å²) in [7, 11) is 0. The van der Waals surface area contributed by atoms with Gasteiger partial charge in [0.25, 0.3) is 0 Å². The Bertz CT molecular complexity index is 339. The van der Waals surface area contributed by atoms with Crippen molar-refractivity contribution in [2.45, 2.75) is 18.9 Å². The van der Waals surface area contributed by atoms with Crippen LogP contribution in [-0.4, -0.2) is 45.6 Å². The Morgan fingerprint density at radius 2 is 2.00 bits per heavy atom. The number of hydrogen-bond acceptors (Lipinski definition) is 5. The number of nitrogens with one attached hydrogen (secondary N) is 1. The van der Waals surface area contributed by atoms with E-state index in [9.17, 15) is 14.4 Å². The molecule has 0 aromatic carbocycles. The molecular weight excluding hydrogens is 248 g/mol. The average Bonchev–Trinajstić information content (AvgIpc) is 2.23. The molecule has 0 aliphatic carbocycles. The summed E-state index contributed by atoms with van der Waals surface area (Å²) in [5.74, 6) is -2.80. The van der Waals surface area contributed by atoms with Crippen LogP contribution in [0.15, 0.2) is 0 Å². The van der Waals surface area contributed by atoms with Gasteiger partial charge in [0.1, 0.15) is 6.04 Å². The van der Waals surface area contributed by atoms with E-state index in [-0.39, 0.29) is 24.3 Å². The standard InChI is InChI=1S/C9H12N2O5S/c10-3-4-17-5-7(12)11-6(9(15)16)1-2-8(13)14/h6H,1-2,4-5H2,(H,11,12)(H,13,14)(H,15,16)/t6-/m0/s1. The van der Waals surface area contributed by atoms with Gasteiger partial charge in [-0.3, -0.25) is 9.59 Å². The number of carboxylic acid groups (broad SMARTS) is 2. The molecule has 0 rings (SSSR count). The molecule has 1 amide bonds. The molecule has 7 nitrogen and oxygen atoms in total. The van der Waals surface area contributed by atoms with Crippen molar-refractivity contribution < 1.29 is 24.6 Å². The van der Waals surface area contributed by atoms with Gasteiger partial charge in [-0.15, -0.1) is 11.8 Å². The number of carboxylic acids is 2. The first-order valence-electron chi connectivity index (χ1n) is 4.66. The first kappa shape index (κ1) is 15.2. The quantitative estimate of drug-likeness (QED) is 0.510. The van der Waals surface area contributed by atoms with E-state index in [0.717, 1.165) is 11.8 Å². The summed E-state index contributed by atoms with van der Waals surface area (Å²) >= 11 is 1.06. The second-order valence-electron chi connectivity index (χ2n) is 3.04. The van der Waals surface area contributed by atoms with Crippen molar-refractivity contribution in [3.8, 4) is 6.07 Å². The van der Waals surface area contributed by atoms with Gasteiger partial charge < -0.3 is 15.5 Å². The van der Waals surface area contributed by atoms with Crippen molar-refractivity contribution in [2.24, 2.45) is 0 Å². The Kier molecular flexibility index (Phi) is 7.54. The molecule has 0 aliphatic rings. The van der Waals surface area contributed by atoms with Gasteiger partial charge in [0.05, 0.1) is 17.6 Å². The minimum Gasteiger partial charge on any atom is -0.481 e. The number of amides is 1. The first-order valence-corrected chi connectivity index (χ1v) is 5.81. The highest BCUT2D eigenvalue weighted by atomic mass is 32.2. The molecule has 0 saturated carbocycles. The average molecular weight is 260 g/mol. The summed E-state index contributed by atoms with van der Waals surface area (Å²) < 4.78 is 0. The lowest BCUT2D eigenvalue weighted by molar-refractivity contribution is -0.142. The van der Waals surface area contributed by atoms with E-state index < -0.39 is 23.9 Å². The fraction of sp³-hybridized carbons (Fsp3) is 0.556. The molecule has 0 aliphatic heterocycles. The number of nitriles is 1. The zero-order valence-corrected chi connectivity index (χ0v) is 9.70. The number of hydrogen-bond donors (Lipinski definition) is 3. The molecular formula is C9H12N2O5S. The van der Waals surface area contributed by atoms with Crippen LogP contribution in [0.2, 0.25) is 0 Å². The van der Waals surface area contributed by atoms with Crippen LogP contribution in [0.5, 0.6) is 0 Å². The molecule has 0 aromatic rings. The molecule has 0 radical (unpaired) electrons. The Balaban J connectivity index is 4.07. The van der Waals surface area contributed by atoms with E-state index in [4.69, 9.17) is 15.5 Å². The van der Waals surface area contributed by atoms with Gasteiger partial charge in [-0.2, -0.15) is 5.26 Å². The second kappa shape index (κ2) is 8.41. The maximum Gasteiger partial charge on any atom is 0.326 e. The molecule has 0 aromatic heterocycles. The van der Waals surface area contributed by atoms with E-state index in [2.05, 4.69) is 5.32 Å². The van der Waals surface area contributed by atoms with Crippen molar-refractivity contribution in [3.63, 3.8) is 0 Å². The fourth-order valence-corrected chi connectivity index (χ4v) is 1.41. The molecule has 94 valence electrons. The maximum absolute atomic E-state index is 11.2. The molecule has 0 saturated heterocycles. The number of rotatable bonds is 8. The summed E-state index contributed by atoms with van der Waals surface area (Å²) in [6, 6.07) is 0.621. The number of carbonyl (C=O) groups is 3. The molecule has 8 heteroatoms. The molecule has 1 atom stereocenters. The third-order valence-corrected chi connectivity index (χ3v) is 2.48. The van der Waals surface area contributed by atoms with Crippen LogP contribution in [0.4, 0.5) is 0 Å². The first-order chi connectivity index (χ1) is 7.97. The predicted octanol–water partition coefficient (Wildman–Crippen LogP) is -0.323. The lowest BCUT2D eigenvalue weighted by Crippen LogP contribution is -2.42. The van der Waals surface area contributed by atoms with E-state index >= 15 is 0 Å². The molecule has 17 heavy (non-hydrogen) atoms. The smallest absolute Gasteiger partial charge is 0.326 e. The van der Waals surface area contributed by atoms with Crippen molar-refractivity contribution in [3.05, 3.63) is 0 Å². The van der Waals surface area contributed by atoms with Crippen LogP contribution in [0.25, 0.3) is 0 Å². The van der Waals surface area contributed by atoms with E-state index in [0.29, 0.717) is 0 Å². The SMILES string of the molecule is N#CCSCC(=O)N[C@@H](CCC(=O)O)C(=O)O. The third-order valence-electron chi connectivity index (χ3n) is 1.68. The maximum atomic E-state index is 11.2. The molecule has 0 unspecified atom stereocenters. The molecule has 3 N–H and O–H groups in total. The normalized spacial score (nSPS) is 11.2. The molecule has 0 heterocycles. The minimum absolute atomic E-state index is 0.0234. The van der Waals surface area contributed by atoms with Gasteiger partial charge in [0.15, 0.2) is 0 Å². The van der Waals surface area contributed by atoms with Crippen molar-refractivity contribution in [2.75, 3.05) is 11.5 Å². The van der Waals surface area contributed by atoms with E-state index in [1.807, 2.05) is 6.07 Å². The summed E-state index contributed by atoms with van der Waals surface area (Å²) in [6.07, 6.45) is -0.498. The number of aliphatic carboxylic acids is 2. The highest BCUT2D eigenvalue weighted by Crippen LogP contribution is 2.01. The molecule has 0 spiro atoms. The summed E-state index contributed by atoms with van der Waals surface area (Å²) in [5, 5.41) is 27.6. The van der Waals surface area contributed by atoms with Gasteiger partial charge in [-0.25, -0.2) is 4.79 Å². The Morgan fingerprint density at radius 1 is 1.35 bits per heavy atom. The van der Waals surface area contributed by atoms with E-state index in [1.165, 1.54) is 0 Å². The lowest BCUT2D eigenvalue weighted by atomic mass is 10.1. The van der Waals surface area contributed by atoms with Gasteiger partial charge in [0, 0.05) is 6.42 Å². The van der Waals surface area contributed by atoms with Crippen LogP contribution in [0, 0.1) is 11.3 Å². The largest absolute Gasteiger partial charge is 0.481 e. The van der Waals surface area contributed by atoms with E-state index in [1.54, 1.807) is 0 Å². The second-order valence-corrected chi connectivity index (χ2v) is 4.03. The van der Waals surface area contributed by atoms with Gasteiger partial charge >= 0.3 is 11.9 Å². The Labute approximate surface area is 102 Å². The van der Waals surface area contributed by atoms with Gasteiger partial charge in [-0.1, -0.05) is 0 Å². The zero-order valence-electron chi connectivity index (χ0n) is 8.88. The molecule has 0 fully saturated rings. The van der Waals surface area contributed by atoms with Crippen LogP contribution in [0.1, 0.15) is 12.8 Å². The lowest BCUT2D eigenvalue weighted by Gasteiger charge is -2.12. The highest BCUT2D eigenvalue weighted by Gasteiger charge is 2.20. The highest BCUT2D eigenvalue weighted by molar-refractivity contribution is 8.00. The summed E-state index contributed by atoms with van der Waals surface area (Å²) in [4.78, 5) is 32.2. The van der Waals surface area contributed by atoms with Gasteiger partial charge in [-0.05, 0) is 6.42 Å². The Hall–Kier alpha value is -1.75. The Morgan fingerprint density at radius 3 is 2.47 bits per heavy atom. The fourth-order valence-electron chi connectivity index (χ4n) is 0.951. The number of thioether (sulfide) groups is 1. The van der Waals surface area contributed by atoms with Crippen molar-refractivity contribution in [1.29, 1.82) is 5.26 Å². The van der Waals surface area contributed by atoms with Gasteiger partial charge in [0.2, 0.25) is 5.91 Å². The zero-order chi connectivity index (χ0) is 13.3. The van der Waals surface area contributed by atoms with Crippen molar-refractivity contribution in [1.82, 2.24) is 5.32 Å². The van der Waals surface area contributed by atoms with Crippen LogP contribution in [-0.2, 0) is 14.4 Å². The predicted molar refractivity (Wildman–Crippen MR) is 59.4 cm³/mol. The third kappa shape index (κ3) is 8.10. The minimum atomic E-state index is -1.27. The van der Waals surface area contributed by atoms with Crippen LogP contribution >= 0.6 is 11.8 Å². The van der Waals surface area contributed by atoms with Crippen LogP contribution < -0.4 is 5.32 Å². The number of nitrogens with zero attached hydrogens (tertiary/aromatic N) is 1.